The Morgan fingerprint density at radius 1 is 0.974 bits per heavy atom. The molecule has 1 saturated carbocycles. The Balaban J connectivity index is 1.25. The van der Waals surface area contributed by atoms with Crippen molar-refractivity contribution in [1.82, 2.24) is 0 Å². The van der Waals surface area contributed by atoms with Gasteiger partial charge in [-0.3, -0.25) is 0 Å². The minimum absolute atomic E-state index is 0.342. The molecule has 0 bridgehead atoms. The zero-order chi connectivity index (χ0) is 27.0. The first-order valence-corrected chi connectivity index (χ1v) is 15.2. The first-order valence-electron chi connectivity index (χ1n) is 15.2. The van der Waals surface area contributed by atoms with Gasteiger partial charge in [0.1, 0.15) is 0 Å². The smallest absolute Gasteiger partial charge is 0.00525 e. The van der Waals surface area contributed by atoms with Crippen LogP contribution >= 0.6 is 0 Å². The highest BCUT2D eigenvalue weighted by Crippen LogP contribution is 2.65. The van der Waals surface area contributed by atoms with Crippen molar-refractivity contribution in [3.63, 3.8) is 0 Å². The predicted octanol–water partition coefficient (Wildman–Crippen LogP) is 10.5. The Bertz CT molecular complexity index is 1420. The molecule has 5 unspecified atom stereocenters. The molecule has 2 aromatic carbocycles. The summed E-state index contributed by atoms with van der Waals surface area (Å²) in [5.74, 6) is 2.61. The van der Waals surface area contributed by atoms with Gasteiger partial charge < -0.3 is 0 Å². The van der Waals surface area contributed by atoms with Gasteiger partial charge in [0, 0.05) is 5.92 Å². The lowest BCUT2D eigenvalue weighted by molar-refractivity contribution is 0.319. The maximum absolute atomic E-state index is 2.65. The van der Waals surface area contributed by atoms with Crippen LogP contribution in [0.1, 0.15) is 64.0 Å². The largest absolute Gasteiger partial charge is 0.0836 e. The SMILES string of the molecule is CC1=CC(C)=C(CC(CCc2cccc(-c3cccc(C)c3)c2)C23C=CC(C4C=CC=CC4)=CC2C3)C(C)C1. The molecule has 0 spiro atoms. The van der Waals surface area contributed by atoms with Crippen molar-refractivity contribution < 1.29 is 0 Å². The van der Waals surface area contributed by atoms with Gasteiger partial charge in [-0.1, -0.05) is 126 Å². The molecule has 39 heavy (non-hydrogen) atoms. The van der Waals surface area contributed by atoms with E-state index in [1.807, 2.05) is 0 Å². The standard InChI is InChI=1S/C39H44/c1-27-10-8-14-33(22-27)34-15-9-11-31(23-34)16-17-36(25-38-29(3)20-28(2)21-30(38)4)39-19-18-35(24-37(39)26-39)32-12-6-5-7-13-32/h5-12,14-15,18-20,22-24,30,32,36-37H,13,16-17,21,25-26H2,1-4H3. The number of hydrogen-bond acceptors (Lipinski definition) is 0. The van der Waals surface area contributed by atoms with Crippen LogP contribution in [-0.2, 0) is 6.42 Å². The molecule has 4 aliphatic carbocycles. The van der Waals surface area contributed by atoms with E-state index in [0.717, 1.165) is 12.8 Å². The summed E-state index contributed by atoms with van der Waals surface area (Å²) in [6, 6.07) is 18.2. The lowest BCUT2D eigenvalue weighted by Crippen LogP contribution is -2.22. The van der Waals surface area contributed by atoms with Gasteiger partial charge in [0.2, 0.25) is 0 Å². The molecule has 5 atom stereocenters. The molecule has 1 fully saturated rings. The van der Waals surface area contributed by atoms with Crippen molar-refractivity contribution in [2.24, 2.45) is 29.1 Å². The van der Waals surface area contributed by atoms with Crippen LogP contribution in [0.15, 0.2) is 119 Å². The third-order valence-electron chi connectivity index (χ3n) is 9.97. The van der Waals surface area contributed by atoms with E-state index in [4.69, 9.17) is 0 Å². The van der Waals surface area contributed by atoms with Crippen LogP contribution in [0.5, 0.6) is 0 Å². The molecule has 0 heterocycles. The molecule has 0 aliphatic heterocycles. The fourth-order valence-electron chi connectivity index (χ4n) is 7.72. The Labute approximate surface area is 236 Å². The lowest BCUT2D eigenvalue weighted by atomic mass is 9.72. The number of benzene rings is 2. The number of aryl methyl sites for hydroxylation is 2. The second-order valence-corrected chi connectivity index (χ2v) is 12.9. The van der Waals surface area contributed by atoms with E-state index < -0.39 is 0 Å². The summed E-state index contributed by atoms with van der Waals surface area (Å²) < 4.78 is 0. The zero-order valence-corrected chi connectivity index (χ0v) is 24.3. The van der Waals surface area contributed by atoms with Crippen molar-refractivity contribution in [2.45, 2.75) is 66.2 Å². The molecule has 0 amide bonds. The minimum Gasteiger partial charge on any atom is -0.0836 e. The summed E-state index contributed by atoms with van der Waals surface area (Å²) in [4.78, 5) is 0. The van der Waals surface area contributed by atoms with Crippen LogP contribution in [0.3, 0.4) is 0 Å². The molecule has 0 aromatic heterocycles. The van der Waals surface area contributed by atoms with Crippen molar-refractivity contribution in [3.8, 4) is 11.1 Å². The van der Waals surface area contributed by atoms with Crippen LogP contribution in [0, 0.1) is 36.0 Å². The van der Waals surface area contributed by atoms with Gasteiger partial charge in [0.25, 0.3) is 0 Å². The summed E-state index contributed by atoms with van der Waals surface area (Å²) in [7, 11) is 0. The third-order valence-corrected chi connectivity index (χ3v) is 9.97. The highest BCUT2D eigenvalue weighted by Gasteiger charge is 2.56. The summed E-state index contributed by atoms with van der Waals surface area (Å²) in [6.45, 7) is 9.30. The maximum Gasteiger partial charge on any atom is 0.00525 e. The topological polar surface area (TPSA) is 0 Å². The van der Waals surface area contributed by atoms with Gasteiger partial charge >= 0.3 is 0 Å². The summed E-state index contributed by atoms with van der Waals surface area (Å²) in [6.07, 6.45) is 26.7. The quantitative estimate of drug-likeness (QED) is 0.330. The van der Waals surface area contributed by atoms with E-state index >= 15 is 0 Å². The van der Waals surface area contributed by atoms with Crippen LogP contribution in [0.25, 0.3) is 11.1 Å². The molecule has 0 heteroatoms. The highest BCUT2D eigenvalue weighted by atomic mass is 14.6. The van der Waals surface area contributed by atoms with Gasteiger partial charge in [-0.05, 0) is 105 Å². The summed E-state index contributed by atoms with van der Waals surface area (Å²) >= 11 is 0. The Hall–Kier alpha value is -3.12. The van der Waals surface area contributed by atoms with E-state index in [0.29, 0.717) is 29.1 Å². The lowest BCUT2D eigenvalue weighted by Gasteiger charge is -2.33. The van der Waals surface area contributed by atoms with Crippen molar-refractivity contribution in [3.05, 3.63) is 131 Å². The molecule has 200 valence electrons. The van der Waals surface area contributed by atoms with Crippen LogP contribution in [0.4, 0.5) is 0 Å². The Morgan fingerprint density at radius 3 is 2.54 bits per heavy atom. The van der Waals surface area contributed by atoms with Crippen molar-refractivity contribution in [1.29, 1.82) is 0 Å². The maximum atomic E-state index is 2.65. The molecule has 0 saturated heterocycles. The van der Waals surface area contributed by atoms with Gasteiger partial charge in [0.05, 0.1) is 0 Å². The van der Waals surface area contributed by atoms with Crippen molar-refractivity contribution >= 4 is 0 Å². The molecular formula is C39H44. The van der Waals surface area contributed by atoms with E-state index in [-0.39, 0.29) is 0 Å². The molecule has 2 aromatic rings. The fraction of sp³-hybridized carbons (Fsp3) is 0.385. The number of rotatable bonds is 8. The number of hydrogen-bond donors (Lipinski definition) is 0. The first kappa shape index (κ1) is 26.1. The second kappa shape index (κ2) is 10.8. The van der Waals surface area contributed by atoms with E-state index in [1.54, 1.807) is 11.1 Å². The van der Waals surface area contributed by atoms with E-state index in [2.05, 4.69) is 125 Å². The molecule has 4 aliphatic rings. The average Bonchev–Trinajstić information content (AvgIpc) is 3.68. The highest BCUT2D eigenvalue weighted by molar-refractivity contribution is 5.64. The van der Waals surface area contributed by atoms with Crippen molar-refractivity contribution in [2.75, 3.05) is 0 Å². The van der Waals surface area contributed by atoms with Crippen LogP contribution < -0.4 is 0 Å². The Kier molecular flexibility index (Phi) is 7.23. The zero-order valence-electron chi connectivity index (χ0n) is 24.3. The number of allylic oxidation sites excluding steroid dienone is 12. The second-order valence-electron chi connectivity index (χ2n) is 12.9. The molecule has 0 nitrogen and oxygen atoms in total. The van der Waals surface area contributed by atoms with E-state index in [9.17, 15) is 0 Å². The summed E-state index contributed by atoms with van der Waals surface area (Å²) in [5, 5.41) is 0. The van der Waals surface area contributed by atoms with Gasteiger partial charge in [-0.15, -0.1) is 0 Å². The summed E-state index contributed by atoms with van der Waals surface area (Å²) in [5.41, 5.74) is 12.1. The monoisotopic (exact) mass is 512 g/mol. The Morgan fingerprint density at radius 2 is 1.79 bits per heavy atom. The van der Waals surface area contributed by atoms with Gasteiger partial charge in [0.15, 0.2) is 0 Å². The van der Waals surface area contributed by atoms with Gasteiger partial charge in [-0.2, -0.15) is 0 Å². The molecule has 6 rings (SSSR count). The number of fused-ring (bicyclic) bond motifs is 1. The van der Waals surface area contributed by atoms with Crippen LogP contribution in [0.2, 0.25) is 0 Å². The normalized spacial score (nSPS) is 28.2. The van der Waals surface area contributed by atoms with E-state index in [1.165, 1.54) is 59.1 Å². The third kappa shape index (κ3) is 5.49. The molecule has 0 radical (unpaired) electrons. The van der Waals surface area contributed by atoms with Gasteiger partial charge in [-0.25, -0.2) is 0 Å². The average molecular weight is 513 g/mol. The first-order chi connectivity index (χ1) is 18.9. The fourth-order valence-corrected chi connectivity index (χ4v) is 7.72. The predicted molar refractivity (Wildman–Crippen MR) is 167 cm³/mol. The molecular weight excluding hydrogens is 468 g/mol. The minimum atomic E-state index is 0.342. The molecule has 0 N–H and O–H groups in total. The van der Waals surface area contributed by atoms with Crippen LogP contribution in [-0.4, -0.2) is 0 Å².